The third kappa shape index (κ3) is 4.89. The third-order valence-electron chi connectivity index (χ3n) is 6.65. The van der Waals surface area contributed by atoms with Crippen LogP contribution >= 0.6 is 11.8 Å². The van der Waals surface area contributed by atoms with Gasteiger partial charge in [0.05, 0.1) is 36.3 Å². The molecule has 31 heavy (non-hydrogen) atoms. The number of hydrogen-bond acceptors (Lipinski definition) is 7. The molecule has 7 heteroatoms. The molecule has 0 amide bonds. The topological polar surface area (TPSA) is 54.4 Å². The highest BCUT2D eigenvalue weighted by atomic mass is 32.2. The fraction of sp³-hybridized carbons (Fsp3) is 0.625. The van der Waals surface area contributed by atoms with Gasteiger partial charge in [0, 0.05) is 42.3 Å². The molecule has 0 bridgehead atoms. The molecule has 0 radical (unpaired) electrons. The van der Waals surface area contributed by atoms with Gasteiger partial charge in [0.15, 0.2) is 0 Å². The van der Waals surface area contributed by atoms with Crippen LogP contribution in [0.2, 0.25) is 0 Å². The molecule has 2 fully saturated rings. The van der Waals surface area contributed by atoms with E-state index in [4.69, 9.17) is 9.72 Å². The van der Waals surface area contributed by atoms with E-state index < -0.39 is 0 Å². The van der Waals surface area contributed by atoms with Crippen LogP contribution in [0, 0.1) is 0 Å². The summed E-state index contributed by atoms with van der Waals surface area (Å²) in [5.41, 5.74) is 3.52. The number of ether oxygens (including phenoxy) is 1. The van der Waals surface area contributed by atoms with Crippen LogP contribution in [0.15, 0.2) is 36.9 Å². The molecule has 0 aromatic carbocycles. The highest BCUT2D eigenvalue weighted by molar-refractivity contribution is 7.98. The van der Waals surface area contributed by atoms with Crippen LogP contribution in [-0.2, 0) is 4.74 Å². The maximum absolute atomic E-state index is 6.04. The van der Waals surface area contributed by atoms with E-state index in [0.29, 0.717) is 17.2 Å². The Morgan fingerprint density at radius 3 is 2.55 bits per heavy atom. The smallest absolute Gasteiger partial charge is 0.115 e. The van der Waals surface area contributed by atoms with Gasteiger partial charge in [-0.3, -0.25) is 9.88 Å². The summed E-state index contributed by atoms with van der Waals surface area (Å²) in [7, 11) is 0. The van der Waals surface area contributed by atoms with Gasteiger partial charge in [0.25, 0.3) is 0 Å². The van der Waals surface area contributed by atoms with E-state index in [9.17, 15) is 0 Å². The first-order chi connectivity index (χ1) is 14.9. The van der Waals surface area contributed by atoms with Gasteiger partial charge in [-0.25, -0.2) is 9.97 Å². The summed E-state index contributed by atoms with van der Waals surface area (Å²) in [6.07, 6.45) is 8.93. The lowest BCUT2D eigenvalue weighted by Crippen LogP contribution is -2.66. The molecular weight excluding hydrogens is 406 g/mol. The van der Waals surface area contributed by atoms with Crippen molar-refractivity contribution in [3.8, 4) is 0 Å². The van der Waals surface area contributed by atoms with Gasteiger partial charge in [0.2, 0.25) is 0 Å². The van der Waals surface area contributed by atoms with Gasteiger partial charge >= 0.3 is 0 Å². The van der Waals surface area contributed by atoms with Gasteiger partial charge < -0.3 is 9.64 Å². The molecule has 2 aliphatic rings. The standard InChI is InChI=1S/C24H35N5OS/c1-17(2)19-7-6-18(13-26-19)29-11-10-28(15-24(29,3)4)21-14-30-22(21)12-23(31-5)20-8-9-25-16-27-20/h6-9,13,16-17,21-23H,10-12,14-15H2,1-5H3. The zero-order chi connectivity index (χ0) is 22.0. The summed E-state index contributed by atoms with van der Waals surface area (Å²) in [5, 5.41) is 0.343. The van der Waals surface area contributed by atoms with Crippen molar-refractivity contribution in [2.75, 3.05) is 37.4 Å². The Labute approximate surface area is 190 Å². The molecule has 2 aromatic heterocycles. The Kier molecular flexibility index (Phi) is 6.84. The molecule has 2 saturated heterocycles. The second kappa shape index (κ2) is 9.43. The molecule has 0 saturated carbocycles. The second-order valence-corrected chi connectivity index (χ2v) is 10.6. The van der Waals surface area contributed by atoms with E-state index in [0.717, 1.165) is 44.0 Å². The van der Waals surface area contributed by atoms with E-state index in [1.54, 1.807) is 6.33 Å². The molecule has 0 N–H and O–H groups in total. The van der Waals surface area contributed by atoms with Crippen LogP contribution in [0.5, 0.6) is 0 Å². The molecule has 0 aliphatic carbocycles. The largest absolute Gasteiger partial charge is 0.375 e. The lowest BCUT2D eigenvalue weighted by molar-refractivity contribution is -0.143. The van der Waals surface area contributed by atoms with Crippen LogP contribution < -0.4 is 4.90 Å². The highest BCUT2D eigenvalue weighted by Crippen LogP contribution is 2.37. The van der Waals surface area contributed by atoms with Crippen molar-refractivity contribution in [3.05, 3.63) is 48.3 Å². The molecule has 6 nitrogen and oxygen atoms in total. The fourth-order valence-corrected chi connectivity index (χ4v) is 5.54. The SMILES string of the molecule is CSC(CC1OCC1N1CCN(c2ccc(C(C)C)nc2)C(C)(C)C1)c1ccncn1. The van der Waals surface area contributed by atoms with E-state index in [1.807, 2.05) is 30.2 Å². The molecular formula is C24H35N5OS. The van der Waals surface area contributed by atoms with Crippen LogP contribution in [0.4, 0.5) is 5.69 Å². The highest BCUT2D eigenvalue weighted by Gasteiger charge is 2.43. The van der Waals surface area contributed by atoms with Gasteiger partial charge in [-0.1, -0.05) is 13.8 Å². The van der Waals surface area contributed by atoms with Crippen LogP contribution in [0.1, 0.15) is 56.7 Å². The average molecular weight is 442 g/mol. The van der Waals surface area contributed by atoms with Crippen LogP contribution in [0.3, 0.4) is 0 Å². The molecule has 2 aromatic rings. The van der Waals surface area contributed by atoms with Crippen molar-refractivity contribution in [3.63, 3.8) is 0 Å². The zero-order valence-corrected chi connectivity index (χ0v) is 20.2. The second-order valence-electron chi connectivity index (χ2n) is 9.56. The minimum Gasteiger partial charge on any atom is -0.375 e. The zero-order valence-electron chi connectivity index (χ0n) is 19.4. The van der Waals surface area contributed by atoms with E-state index in [2.05, 4.69) is 65.9 Å². The lowest BCUT2D eigenvalue weighted by Gasteiger charge is -2.54. The van der Waals surface area contributed by atoms with Crippen molar-refractivity contribution < 1.29 is 4.74 Å². The Morgan fingerprint density at radius 1 is 1.16 bits per heavy atom. The molecule has 2 aliphatic heterocycles. The summed E-state index contributed by atoms with van der Waals surface area (Å²) < 4.78 is 6.04. The Morgan fingerprint density at radius 2 is 2.00 bits per heavy atom. The molecule has 0 spiro atoms. The first-order valence-electron chi connectivity index (χ1n) is 11.3. The monoisotopic (exact) mass is 441 g/mol. The van der Waals surface area contributed by atoms with E-state index >= 15 is 0 Å². The normalized spacial score (nSPS) is 24.8. The number of rotatable bonds is 7. The summed E-state index contributed by atoms with van der Waals surface area (Å²) in [6, 6.07) is 6.92. The maximum atomic E-state index is 6.04. The number of hydrogen-bond donors (Lipinski definition) is 0. The van der Waals surface area contributed by atoms with Crippen molar-refractivity contribution in [1.29, 1.82) is 0 Å². The minimum absolute atomic E-state index is 0.0466. The molecule has 4 rings (SSSR count). The fourth-order valence-electron chi connectivity index (χ4n) is 4.78. The third-order valence-corrected chi connectivity index (χ3v) is 7.65. The predicted molar refractivity (Wildman–Crippen MR) is 128 cm³/mol. The summed E-state index contributed by atoms with van der Waals surface area (Å²) in [6.45, 7) is 13.0. The Balaban J connectivity index is 1.39. The number of aromatic nitrogens is 3. The van der Waals surface area contributed by atoms with E-state index in [-0.39, 0.29) is 11.6 Å². The predicted octanol–water partition coefficient (Wildman–Crippen LogP) is 4.16. The number of anilines is 1. The number of pyridine rings is 1. The summed E-state index contributed by atoms with van der Waals surface area (Å²) in [5.74, 6) is 0.460. The molecule has 4 heterocycles. The molecule has 3 atom stereocenters. The van der Waals surface area contributed by atoms with Crippen molar-refractivity contribution in [2.45, 2.75) is 63.0 Å². The molecule has 168 valence electrons. The summed E-state index contributed by atoms with van der Waals surface area (Å²) >= 11 is 1.85. The number of nitrogens with zero attached hydrogens (tertiary/aromatic N) is 5. The van der Waals surface area contributed by atoms with Crippen LogP contribution in [0.25, 0.3) is 0 Å². The van der Waals surface area contributed by atoms with Crippen molar-refractivity contribution in [2.24, 2.45) is 0 Å². The maximum Gasteiger partial charge on any atom is 0.115 e. The van der Waals surface area contributed by atoms with Crippen molar-refractivity contribution in [1.82, 2.24) is 19.9 Å². The Bertz CT molecular complexity index is 845. The Hall–Kier alpha value is -1.70. The van der Waals surface area contributed by atoms with Gasteiger partial charge in [0.1, 0.15) is 6.33 Å². The van der Waals surface area contributed by atoms with E-state index in [1.165, 1.54) is 5.69 Å². The van der Waals surface area contributed by atoms with Crippen LogP contribution in [-0.4, -0.2) is 70.0 Å². The first kappa shape index (κ1) is 22.5. The van der Waals surface area contributed by atoms with Crippen molar-refractivity contribution >= 4 is 17.4 Å². The number of thioether (sulfide) groups is 1. The lowest BCUT2D eigenvalue weighted by atomic mass is 9.92. The van der Waals surface area contributed by atoms with Gasteiger partial charge in [-0.05, 0) is 50.6 Å². The first-order valence-corrected chi connectivity index (χ1v) is 12.6. The quantitative estimate of drug-likeness (QED) is 0.639. The number of piperazine rings is 1. The summed E-state index contributed by atoms with van der Waals surface area (Å²) in [4.78, 5) is 18.4. The van der Waals surface area contributed by atoms with Gasteiger partial charge in [-0.15, -0.1) is 0 Å². The molecule has 3 unspecified atom stereocenters. The minimum atomic E-state index is 0.0466. The van der Waals surface area contributed by atoms with Gasteiger partial charge in [-0.2, -0.15) is 11.8 Å². The average Bonchev–Trinajstić information content (AvgIpc) is 2.74.